The number of aromatic carboxylic acids is 1. The van der Waals surface area contributed by atoms with Crippen LogP contribution < -0.4 is 10.3 Å². The Morgan fingerprint density at radius 1 is 1.23 bits per heavy atom. The van der Waals surface area contributed by atoms with Crippen molar-refractivity contribution in [1.29, 1.82) is 0 Å². The van der Waals surface area contributed by atoms with Crippen LogP contribution in [0.15, 0.2) is 23.3 Å². The highest BCUT2D eigenvalue weighted by atomic mass is 19.2. The van der Waals surface area contributed by atoms with Gasteiger partial charge in [0.2, 0.25) is 5.43 Å². The van der Waals surface area contributed by atoms with E-state index in [0.717, 1.165) is 11.1 Å². The van der Waals surface area contributed by atoms with Gasteiger partial charge in [0.05, 0.1) is 17.4 Å². The van der Waals surface area contributed by atoms with Gasteiger partial charge in [-0.15, -0.1) is 0 Å². The van der Waals surface area contributed by atoms with E-state index in [2.05, 4.69) is 0 Å². The maximum Gasteiger partial charge on any atom is 0.341 e. The summed E-state index contributed by atoms with van der Waals surface area (Å²) in [5.74, 6) is -6.00. The Morgan fingerprint density at radius 2 is 1.90 bits per heavy atom. The molecule has 2 N–H and O–H groups in total. The first kappa shape index (κ1) is 20.4. The number of hydrogen-bond acceptors (Lipinski definition) is 5. The van der Waals surface area contributed by atoms with Crippen LogP contribution in [0.2, 0.25) is 0 Å². The standard InChI is InChI=1S/C20H20F3N3O4/c1-24(2)8-20(30)5-6-25(9-20)17-14(22)13(21)12-16(15(17)23)26(10-3-4-10)7-11(18(12)27)19(28)29/h5-7,10,30H,3-4,8-9H2,1-2H3,(H,28,29). The van der Waals surface area contributed by atoms with Gasteiger partial charge in [-0.3, -0.25) is 4.79 Å². The highest BCUT2D eigenvalue weighted by Gasteiger charge is 2.38. The normalized spacial score (nSPS) is 21.2. The molecule has 0 bridgehead atoms. The molecular formula is C20H20F3N3O4. The number of hydrogen-bond donors (Lipinski definition) is 2. The number of likely N-dealkylation sites (N-methyl/N-ethyl adjacent to an activating group) is 1. The van der Waals surface area contributed by atoms with Crippen molar-refractivity contribution >= 4 is 22.6 Å². The highest BCUT2D eigenvalue weighted by molar-refractivity contribution is 5.94. The van der Waals surface area contributed by atoms with Gasteiger partial charge < -0.3 is 24.6 Å². The molecule has 1 unspecified atom stereocenters. The predicted octanol–water partition coefficient (Wildman–Crippen LogP) is 2.08. The number of carbonyl (C=O) groups is 1. The minimum absolute atomic E-state index is 0.175. The minimum Gasteiger partial charge on any atom is -0.477 e. The number of anilines is 1. The Hall–Kier alpha value is -2.85. The number of carboxylic acid groups (broad SMARTS) is 1. The lowest BCUT2D eigenvalue weighted by Gasteiger charge is -2.28. The molecule has 0 saturated heterocycles. The zero-order valence-corrected chi connectivity index (χ0v) is 16.3. The van der Waals surface area contributed by atoms with E-state index in [9.17, 15) is 28.6 Å². The smallest absolute Gasteiger partial charge is 0.341 e. The van der Waals surface area contributed by atoms with E-state index in [-0.39, 0.29) is 19.1 Å². The molecule has 30 heavy (non-hydrogen) atoms. The number of aliphatic hydroxyl groups is 1. The highest BCUT2D eigenvalue weighted by Crippen LogP contribution is 2.41. The SMILES string of the molecule is CN(C)CC1(O)C=CN(c2c(F)c(F)c3c(=O)c(C(=O)O)cn(C4CC4)c3c2F)C1. The lowest BCUT2D eigenvalue weighted by molar-refractivity contribution is 0.0694. The second-order valence-electron chi connectivity index (χ2n) is 8.11. The van der Waals surface area contributed by atoms with E-state index in [1.165, 1.54) is 16.8 Å². The number of aromatic nitrogens is 1. The molecule has 2 heterocycles. The molecular weight excluding hydrogens is 403 g/mol. The van der Waals surface area contributed by atoms with Gasteiger partial charge >= 0.3 is 5.97 Å². The molecule has 1 saturated carbocycles. The van der Waals surface area contributed by atoms with E-state index in [1.807, 2.05) is 0 Å². The fraction of sp³-hybridized carbons (Fsp3) is 0.400. The molecule has 7 nitrogen and oxygen atoms in total. The molecule has 1 fully saturated rings. The Kier molecular flexibility index (Phi) is 4.66. The van der Waals surface area contributed by atoms with Crippen molar-refractivity contribution in [2.45, 2.75) is 24.5 Å². The van der Waals surface area contributed by atoms with E-state index in [1.54, 1.807) is 19.0 Å². The summed E-state index contributed by atoms with van der Waals surface area (Å²) in [5.41, 5.74) is -4.64. The van der Waals surface area contributed by atoms with Crippen molar-refractivity contribution in [3.63, 3.8) is 0 Å². The fourth-order valence-electron chi connectivity index (χ4n) is 3.96. The van der Waals surface area contributed by atoms with Crippen LogP contribution in [-0.4, -0.2) is 58.4 Å². The Balaban J connectivity index is 1.95. The number of fused-ring (bicyclic) bond motifs is 1. The molecule has 0 radical (unpaired) electrons. The number of carboxylic acids is 1. The molecule has 1 aliphatic carbocycles. The van der Waals surface area contributed by atoms with E-state index >= 15 is 4.39 Å². The number of benzene rings is 1. The third-order valence-corrected chi connectivity index (χ3v) is 5.33. The summed E-state index contributed by atoms with van der Waals surface area (Å²) >= 11 is 0. The topological polar surface area (TPSA) is 86.0 Å². The molecule has 10 heteroatoms. The summed E-state index contributed by atoms with van der Waals surface area (Å²) in [4.78, 5) is 26.7. The molecule has 1 aliphatic heterocycles. The summed E-state index contributed by atoms with van der Waals surface area (Å²) in [5, 5.41) is 19.0. The molecule has 0 amide bonds. The van der Waals surface area contributed by atoms with Crippen molar-refractivity contribution < 1.29 is 28.2 Å². The van der Waals surface area contributed by atoms with Gasteiger partial charge in [0, 0.05) is 25.0 Å². The van der Waals surface area contributed by atoms with Crippen LogP contribution in [0, 0.1) is 17.5 Å². The van der Waals surface area contributed by atoms with Gasteiger partial charge in [-0.1, -0.05) is 0 Å². The Labute approximate surface area is 169 Å². The van der Waals surface area contributed by atoms with Gasteiger partial charge in [0.1, 0.15) is 16.9 Å². The number of rotatable bonds is 5. The van der Waals surface area contributed by atoms with Gasteiger partial charge in [0.15, 0.2) is 17.5 Å². The molecule has 1 atom stereocenters. The monoisotopic (exact) mass is 423 g/mol. The molecule has 1 aromatic heterocycles. The minimum atomic E-state index is -1.61. The van der Waals surface area contributed by atoms with Crippen molar-refractivity contribution in [3.8, 4) is 0 Å². The number of nitrogens with zero attached hydrogens (tertiary/aromatic N) is 3. The molecule has 4 rings (SSSR count). The van der Waals surface area contributed by atoms with Crippen LogP contribution in [0.5, 0.6) is 0 Å². The molecule has 1 aromatic carbocycles. The molecule has 160 valence electrons. The van der Waals surface area contributed by atoms with Crippen molar-refractivity contribution in [3.05, 3.63) is 51.7 Å². The van der Waals surface area contributed by atoms with Gasteiger partial charge in [-0.2, -0.15) is 0 Å². The third-order valence-electron chi connectivity index (χ3n) is 5.33. The van der Waals surface area contributed by atoms with E-state index in [4.69, 9.17) is 0 Å². The van der Waals surface area contributed by atoms with Crippen LogP contribution in [-0.2, 0) is 0 Å². The average Bonchev–Trinajstić information content (AvgIpc) is 3.42. The quantitative estimate of drug-likeness (QED) is 0.717. The zero-order chi connectivity index (χ0) is 22.0. The molecule has 2 aromatic rings. The Bertz CT molecular complexity index is 1160. The first-order chi connectivity index (χ1) is 14.0. The number of β-amino-alcohol motifs (C(OH)–C–C–N with tert-alkyl or cyclic N) is 1. The Morgan fingerprint density at radius 3 is 2.47 bits per heavy atom. The van der Waals surface area contributed by atoms with E-state index in [0.29, 0.717) is 12.8 Å². The first-order valence-corrected chi connectivity index (χ1v) is 9.36. The summed E-state index contributed by atoms with van der Waals surface area (Å²) in [6.45, 7) is -0.0428. The van der Waals surface area contributed by atoms with E-state index < -0.39 is 56.6 Å². The van der Waals surface area contributed by atoms with Gasteiger partial charge in [0.25, 0.3) is 0 Å². The van der Waals surface area contributed by atoms with Crippen LogP contribution in [0.4, 0.5) is 18.9 Å². The predicted molar refractivity (Wildman–Crippen MR) is 103 cm³/mol. The third kappa shape index (κ3) is 3.16. The maximum atomic E-state index is 15.6. The summed E-state index contributed by atoms with van der Waals surface area (Å²) in [7, 11) is 3.44. The van der Waals surface area contributed by atoms with Crippen molar-refractivity contribution in [2.24, 2.45) is 0 Å². The summed E-state index contributed by atoms with van der Waals surface area (Å²) in [6.07, 6.45) is 4.81. The lowest BCUT2D eigenvalue weighted by atomic mass is 10.1. The lowest BCUT2D eigenvalue weighted by Crippen LogP contribution is -2.43. The molecule has 0 spiro atoms. The second kappa shape index (κ2) is 6.85. The first-order valence-electron chi connectivity index (χ1n) is 9.36. The molecule has 2 aliphatic rings. The van der Waals surface area contributed by atoms with Crippen molar-refractivity contribution in [1.82, 2.24) is 9.47 Å². The largest absolute Gasteiger partial charge is 0.477 e. The van der Waals surface area contributed by atoms with Crippen LogP contribution in [0.25, 0.3) is 10.9 Å². The number of halogens is 3. The van der Waals surface area contributed by atoms with Crippen LogP contribution in [0.3, 0.4) is 0 Å². The van der Waals surface area contributed by atoms with Crippen molar-refractivity contribution in [2.75, 3.05) is 32.1 Å². The average molecular weight is 423 g/mol. The summed E-state index contributed by atoms with van der Waals surface area (Å²) in [6, 6.07) is -0.307. The van der Waals surface area contributed by atoms with Crippen LogP contribution >= 0.6 is 0 Å². The fourth-order valence-corrected chi connectivity index (χ4v) is 3.96. The second-order valence-corrected chi connectivity index (χ2v) is 8.11. The van der Waals surface area contributed by atoms with Gasteiger partial charge in [-0.05, 0) is 33.0 Å². The maximum absolute atomic E-state index is 15.6. The van der Waals surface area contributed by atoms with Crippen LogP contribution in [0.1, 0.15) is 29.2 Å². The number of pyridine rings is 1. The van der Waals surface area contributed by atoms with Gasteiger partial charge in [-0.25, -0.2) is 18.0 Å². The zero-order valence-electron chi connectivity index (χ0n) is 16.3. The summed E-state index contributed by atoms with van der Waals surface area (Å²) < 4.78 is 46.7.